The fourth-order valence-electron chi connectivity index (χ4n) is 2.20. The normalized spacial score (nSPS) is 23.5. The van der Waals surface area contributed by atoms with Crippen LogP contribution in [0, 0.1) is 11.8 Å². The van der Waals surface area contributed by atoms with Crippen LogP contribution in [-0.2, 0) is 0 Å². The van der Waals surface area contributed by atoms with E-state index >= 15 is 0 Å². The van der Waals surface area contributed by atoms with Gasteiger partial charge in [0.1, 0.15) is 0 Å². The van der Waals surface area contributed by atoms with E-state index in [0.29, 0.717) is 0 Å². The summed E-state index contributed by atoms with van der Waals surface area (Å²) in [5.74, 6) is 1.87. The summed E-state index contributed by atoms with van der Waals surface area (Å²) in [5, 5.41) is 0. The van der Waals surface area contributed by atoms with Gasteiger partial charge in [-0.25, -0.2) is 0 Å². The van der Waals surface area contributed by atoms with E-state index in [2.05, 4.69) is 6.92 Å². The van der Waals surface area contributed by atoms with Crippen LogP contribution in [0.4, 0.5) is 0 Å². The lowest BCUT2D eigenvalue weighted by Crippen LogP contribution is -2.18. The zero-order chi connectivity index (χ0) is 8.10. The van der Waals surface area contributed by atoms with Crippen molar-refractivity contribution in [3.05, 3.63) is 0 Å². The minimum atomic E-state index is 0.873. The maximum absolute atomic E-state index is 5.54. The minimum Gasteiger partial charge on any atom is -0.330 e. The fourth-order valence-corrected chi connectivity index (χ4v) is 2.20. The van der Waals surface area contributed by atoms with Crippen molar-refractivity contribution in [1.82, 2.24) is 0 Å². The summed E-state index contributed by atoms with van der Waals surface area (Å²) in [5.41, 5.74) is 5.54. The van der Waals surface area contributed by atoms with Gasteiger partial charge in [-0.2, -0.15) is 0 Å². The minimum absolute atomic E-state index is 0.873. The third-order valence-electron chi connectivity index (χ3n) is 3.08. The van der Waals surface area contributed by atoms with Crippen LogP contribution in [0.25, 0.3) is 0 Å². The summed E-state index contributed by atoms with van der Waals surface area (Å²) in [6.45, 7) is 3.24. The van der Waals surface area contributed by atoms with Gasteiger partial charge in [0.25, 0.3) is 0 Å². The first kappa shape index (κ1) is 9.05. The Balaban J connectivity index is 2.21. The first-order chi connectivity index (χ1) is 5.34. The molecule has 0 aromatic carbocycles. The van der Waals surface area contributed by atoms with Gasteiger partial charge in [-0.3, -0.25) is 0 Å². The van der Waals surface area contributed by atoms with Gasteiger partial charge in [0.2, 0.25) is 0 Å². The maximum Gasteiger partial charge on any atom is -0.00746 e. The number of nitrogens with two attached hydrogens (primary N) is 1. The molecule has 0 aliphatic heterocycles. The summed E-state index contributed by atoms with van der Waals surface area (Å²) in [4.78, 5) is 0. The quantitative estimate of drug-likeness (QED) is 0.666. The largest absolute Gasteiger partial charge is 0.330 e. The van der Waals surface area contributed by atoms with E-state index < -0.39 is 0 Å². The highest BCUT2D eigenvalue weighted by atomic mass is 14.5. The molecule has 1 fully saturated rings. The molecule has 66 valence electrons. The van der Waals surface area contributed by atoms with Gasteiger partial charge in [0, 0.05) is 0 Å². The van der Waals surface area contributed by atoms with E-state index in [1.165, 1.54) is 38.5 Å². The van der Waals surface area contributed by atoms with Crippen LogP contribution in [0.5, 0.6) is 0 Å². The number of rotatable bonds is 3. The SMILES string of the molecule is C[C@@H](CCN)C1CCCCC1. The zero-order valence-electron chi connectivity index (χ0n) is 7.68. The van der Waals surface area contributed by atoms with Gasteiger partial charge in [-0.05, 0) is 24.8 Å². The molecular formula is C10H21N. The van der Waals surface area contributed by atoms with Crippen molar-refractivity contribution in [1.29, 1.82) is 0 Å². The summed E-state index contributed by atoms with van der Waals surface area (Å²) < 4.78 is 0. The second-order valence-electron chi connectivity index (χ2n) is 3.95. The molecule has 1 aliphatic carbocycles. The van der Waals surface area contributed by atoms with Crippen LogP contribution >= 0.6 is 0 Å². The molecule has 11 heavy (non-hydrogen) atoms. The molecule has 0 unspecified atom stereocenters. The van der Waals surface area contributed by atoms with Crippen LogP contribution in [-0.4, -0.2) is 6.54 Å². The van der Waals surface area contributed by atoms with Gasteiger partial charge in [0.15, 0.2) is 0 Å². The van der Waals surface area contributed by atoms with Crippen LogP contribution in [0.3, 0.4) is 0 Å². The van der Waals surface area contributed by atoms with Gasteiger partial charge >= 0.3 is 0 Å². The zero-order valence-corrected chi connectivity index (χ0v) is 7.68. The van der Waals surface area contributed by atoms with Crippen LogP contribution in [0.1, 0.15) is 45.4 Å². The van der Waals surface area contributed by atoms with E-state index in [0.717, 1.165) is 18.4 Å². The average molecular weight is 155 g/mol. The van der Waals surface area contributed by atoms with Crippen molar-refractivity contribution in [2.75, 3.05) is 6.54 Å². The Bertz CT molecular complexity index is 95.0. The van der Waals surface area contributed by atoms with Crippen LogP contribution in [0.2, 0.25) is 0 Å². The Morgan fingerprint density at radius 2 is 1.91 bits per heavy atom. The van der Waals surface area contributed by atoms with Crippen LogP contribution < -0.4 is 5.73 Å². The van der Waals surface area contributed by atoms with Gasteiger partial charge in [0.05, 0.1) is 0 Å². The standard InChI is InChI=1S/C10H21N/c1-9(7-8-11)10-5-3-2-4-6-10/h9-10H,2-8,11H2,1H3/t9-/m0/s1. The number of hydrogen-bond donors (Lipinski definition) is 1. The molecule has 0 aromatic heterocycles. The fraction of sp³-hybridized carbons (Fsp3) is 1.00. The summed E-state index contributed by atoms with van der Waals surface area (Å²) >= 11 is 0. The van der Waals surface area contributed by atoms with E-state index in [4.69, 9.17) is 5.73 Å². The van der Waals surface area contributed by atoms with Gasteiger partial charge < -0.3 is 5.73 Å². The van der Waals surface area contributed by atoms with E-state index in [1.807, 2.05) is 0 Å². The first-order valence-electron chi connectivity index (χ1n) is 5.04. The highest BCUT2D eigenvalue weighted by Crippen LogP contribution is 2.30. The predicted molar refractivity (Wildman–Crippen MR) is 49.4 cm³/mol. The topological polar surface area (TPSA) is 26.0 Å². The average Bonchev–Trinajstić information content (AvgIpc) is 2.07. The Labute approximate surface area is 70.4 Å². The second-order valence-corrected chi connectivity index (χ2v) is 3.95. The van der Waals surface area contributed by atoms with E-state index in [-0.39, 0.29) is 0 Å². The molecule has 1 nitrogen and oxygen atoms in total. The van der Waals surface area contributed by atoms with Crippen LogP contribution in [0.15, 0.2) is 0 Å². The highest BCUT2D eigenvalue weighted by molar-refractivity contribution is 4.71. The molecule has 0 amide bonds. The molecule has 1 rings (SSSR count). The molecule has 0 radical (unpaired) electrons. The molecule has 1 aliphatic rings. The van der Waals surface area contributed by atoms with Crippen molar-refractivity contribution in [3.63, 3.8) is 0 Å². The van der Waals surface area contributed by atoms with Gasteiger partial charge in [-0.15, -0.1) is 0 Å². The van der Waals surface area contributed by atoms with Crippen molar-refractivity contribution >= 4 is 0 Å². The van der Waals surface area contributed by atoms with Crippen molar-refractivity contribution in [3.8, 4) is 0 Å². The van der Waals surface area contributed by atoms with E-state index in [1.54, 1.807) is 0 Å². The highest BCUT2D eigenvalue weighted by Gasteiger charge is 2.18. The summed E-state index contributed by atoms with van der Waals surface area (Å²) in [6, 6.07) is 0. The molecule has 0 bridgehead atoms. The summed E-state index contributed by atoms with van der Waals surface area (Å²) in [6.07, 6.45) is 8.53. The molecule has 1 saturated carbocycles. The second kappa shape index (κ2) is 4.76. The predicted octanol–water partition coefficient (Wildman–Crippen LogP) is 2.55. The molecular weight excluding hydrogens is 134 g/mol. The number of hydrogen-bond acceptors (Lipinski definition) is 1. The Kier molecular flexibility index (Phi) is 3.92. The first-order valence-corrected chi connectivity index (χ1v) is 5.04. The van der Waals surface area contributed by atoms with Gasteiger partial charge in [-0.1, -0.05) is 39.0 Å². The van der Waals surface area contributed by atoms with Crippen molar-refractivity contribution in [2.24, 2.45) is 17.6 Å². The molecule has 0 spiro atoms. The molecule has 0 aromatic rings. The molecule has 1 atom stereocenters. The van der Waals surface area contributed by atoms with Crippen molar-refractivity contribution < 1.29 is 0 Å². The third-order valence-corrected chi connectivity index (χ3v) is 3.08. The summed E-state index contributed by atoms with van der Waals surface area (Å²) in [7, 11) is 0. The lowest BCUT2D eigenvalue weighted by Gasteiger charge is -2.27. The molecule has 1 heteroatoms. The molecule has 0 heterocycles. The van der Waals surface area contributed by atoms with E-state index in [9.17, 15) is 0 Å². The smallest absolute Gasteiger partial charge is 0.00746 e. The monoisotopic (exact) mass is 155 g/mol. The van der Waals surface area contributed by atoms with Crippen molar-refractivity contribution in [2.45, 2.75) is 45.4 Å². The Morgan fingerprint density at radius 3 is 2.45 bits per heavy atom. The molecule has 2 N–H and O–H groups in total. The Morgan fingerprint density at radius 1 is 1.27 bits per heavy atom. The molecule has 0 saturated heterocycles. The lowest BCUT2D eigenvalue weighted by molar-refractivity contribution is 0.255. The third kappa shape index (κ3) is 2.82. The lowest BCUT2D eigenvalue weighted by atomic mass is 9.79. The maximum atomic E-state index is 5.54. The Hall–Kier alpha value is -0.0400.